The van der Waals surface area contributed by atoms with Crippen LogP contribution in [0.1, 0.15) is 18.0 Å². The Kier molecular flexibility index (Phi) is 6.38. The fraction of sp³-hybridized carbons (Fsp3) is 0.600. The van der Waals surface area contributed by atoms with Crippen molar-refractivity contribution in [2.45, 2.75) is 20.9 Å². The van der Waals surface area contributed by atoms with Gasteiger partial charge in [0.05, 0.1) is 0 Å². The monoisotopic (exact) mass is 391 g/mol. The number of hydrogen-bond acceptors (Lipinski definition) is 7. The third-order valence-electron chi connectivity index (χ3n) is 3.11. The lowest BCUT2D eigenvalue weighted by Gasteiger charge is -2.29. The molecule has 8 nitrogen and oxygen atoms in total. The van der Waals surface area contributed by atoms with Gasteiger partial charge in [0.25, 0.3) is 10.0 Å². The van der Waals surface area contributed by atoms with Crippen molar-refractivity contribution in [3.63, 3.8) is 0 Å². The summed E-state index contributed by atoms with van der Waals surface area (Å²) in [4.78, 5) is 0. The second-order valence-corrected chi connectivity index (χ2v) is 9.64. The Hall–Kier alpha value is -0.270. The van der Waals surface area contributed by atoms with Crippen molar-refractivity contribution in [2.75, 3.05) is 26.8 Å². The molecule has 1 aromatic rings. The van der Waals surface area contributed by atoms with E-state index < -0.39 is 26.1 Å². The largest absolute Gasteiger partial charge is 0.385 e. The van der Waals surface area contributed by atoms with Crippen LogP contribution in [0.15, 0.2) is 14.5 Å². The zero-order chi connectivity index (χ0) is 15.8. The first kappa shape index (κ1) is 19.8. The lowest BCUT2D eigenvalue weighted by atomic mass is 10.1. The highest BCUT2D eigenvalue weighted by molar-refractivity contribution is 7.94. The van der Waals surface area contributed by atoms with Gasteiger partial charge >= 0.3 is 0 Å². The first-order valence-corrected chi connectivity index (χ1v) is 9.89. The molecule has 0 saturated heterocycles. The second kappa shape index (κ2) is 7.09. The minimum Gasteiger partial charge on any atom is -0.385 e. The van der Waals surface area contributed by atoms with Crippen LogP contribution in [0.2, 0.25) is 0 Å². The second-order valence-electron chi connectivity index (χ2n) is 4.67. The molecule has 12 heteroatoms. The molecule has 0 fully saturated rings. The Bertz CT molecular complexity index is 731. The smallest absolute Gasteiger partial charge is 0.252 e. The lowest BCUT2D eigenvalue weighted by Crippen LogP contribution is -2.42. The molecule has 1 atom stereocenters. The van der Waals surface area contributed by atoms with Gasteiger partial charge in [0.1, 0.15) is 8.42 Å². The fourth-order valence-corrected chi connectivity index (χ4v) is 6.43. The van der Waals surface area contributed by atoms with Crippen LogP contribution in [-0.4, -0.2) is 47.9 Å². The molecule has 2 heterocycles. The van der Waals surface area contributed by atoms with Gasteiger partial charge in [-0.1, -0.05) is 0 Å². The third-order valence-corrected chi connectivity index (χ3v) is 8.08. The van der Waals surface area contributed by atoms with E-state index in [2.05, 4.69) is 0 Å². The highest BCUT2D eigenvalue weighted by Gasteiger charge is 2.38. The molecule has 1 aliphatic heterocycles. The van der Waals surface area contributed by atoms with E-state index in [0.717, 1.165) is 0 Å². The number of sulfonamides is 2. The maximum Gasteiger partial charge on any atom is 0.252 e. The quantitative estimate of drug-likeness (QED) is 0.671. The highest BCUT2D eigenvalue weighted by Crippen LogP contribution is 2.38. The van der Waals surface area contributed by atoms with Crippen molar-refractivity contribution in [3.05, 3.63) is 11.6 Å². The van der Waals surface area contributed by atoms with Gasteiger partial charge in [-0.15, -0.1) is 23.7 Å². The van der Waals surface area contributed by atoms with Gasteiger partial charge in [-0.25, -0.2) is 22.0 Å². The Balaban J connectivity index is 0.00000242. The summed E-state index contributed by atoms with van der Waals surface area (Å²) < 4.78 is 53.7. The molecule has 22 heavy (non-hydrogen) atoms. The zero-order valence-corrected chi connectivity index (χ0v) is 15.0. The SMILES string of the molecule is COCCCN1C[C@H](N)c2cc(S(N)(=O)=O)sc2S1(=O)=O.Cl. The molecule has 2 rings (SSSR count). The minimum atomic E-state index is -3.95. The fourth-order valence-electron chi connectivity index (χ4n) is 2.10. The van der Waals surface area contributed by atoms with Crippen LogP contribution < -0.4 is 10.9 Å². The van der Waals surface area contributed by atoms with Gasteiger partial charge in [-0.2, -0.15) is 4.31 Å². The van der Waals surface area contributed by atoms with E-state index in [-0.39, 0.29) is 33.9 Å². The van der Waals surface area contributed by atoms with E-state index in [4.69, 9.17) is 15.6 Å². The van der Waals surface area contributed by atoms with Crippen molar-refractivity contribution >= 4 is 43.8 Å². The van der Waals surface area contributed by atoms with E-state index in [1.54, 1.807) is 0 Å². The standard InChI is InChI=1S/C10H17N3O5S3.ClH/c1-18-4-2-3-13-6-8(11)7-5-9(20(12,14)15)19-10(7)21(13,16)17;/h5,8H,2-4,6,11H2,1H3,(H2,12,14,15);1H/t8-;/m0./s1. The number of rotatable bonds is 5. The number of halogens is 1. The Morgan fingerprint density at radius 2 is 2.14 bits per heavy atom. The van der Waals surface area contributed by atoms with Gasteiger partial charge in [0, 0.05) is 38.4 Å². The Morgan fingerprint density at radius 1 is 1.50 bits per heavy atom. The average Bonchev–Trinajstić information content (AvgIpc) is 2.82. The van der Waals surface area contributed by atoms with E-state index in [1.165, 1.54) is 17.5 Å². The van der Waals surface area contributed by atoms with Crippen molar-refractivity contribution in [1.82, 2.24) is 4.31 Å². The van der Waals surface area contributed by atoms with E-state index >= 15 is 0 Å². The van der Waals surface area contributed by atoms with Crippen molar-refractivity contribution in [3.8, 4) is 0 Å². The number of fused-ring (bicyclic) bond motifs is 1. The number of thiophene rings is 1. The van der Waals surface area contributed by atoms with Crippen LogP contribution >= 0.6 is 23.7 Å². The van der Waals surface area contributed by atoms with Gasteiger partial charge < -0.3 is 10.5 Å². The molecule has 1 aromatic heterocycles. The zero-order valence-electron chi connectivity index (χ0n) is 11.8. The van der Waals surface area contributed by atoms with E-state index in [0.29, 0.717) is 29.9 Å². The highest BCUT2D eigenvalue weighted by atomic mass is 35.5. The number of nitrogens with zero attached hydrogens (tertiary/aromatic N) is 1. The molecule has 0 radical (unpaired) electrons. The molecule has 0 aromatic carbocycles. The van der Waals surface area contributed by atoms with Crippen molar-refractivity contribution in [2.24, 2.45) is 10.9 Å². The Morgan fingerprint density at radius 3 is 2.68 bits per heavy atom. The van der Waals surface area contributed by atoms with E-state index in [9.17, 15) is 16.8 Å². The number of ether oxygens (including phenoxy) is 1. The average molecular weight is 392 g/mol. The number of nitrogens with two attached hydrogens (primary N) is 2. The Labute approximate surface area is 139 Å². The van der Waals surface area contributed by atoms with Crippen LogP contribution in [0.5, 0.6) is 0 Å². The van der Waals surface area contributed by atoms with Gasteiger partial charge in [-0.05, 0) is 12.5 Å². The molecule has 0 spiro atoms. The summed E-state index contributed by atoms with van der Waals surface area (Å²) in [5.41, 5.74) is 6.26. The molecule has 0 aliphatic carbocycles. The van der Waals surface area contributed by atoms with Crippen LogP contribution in [0.25, 0.3) is 0 Å². The number of primary sulfonamides is 1. The first-order valence-electron chi connectivity index (χ1n) is 6.09. The summed E-state index contributed by atoms with van der Waals surface area (Å²) >= 11 is 0.642. The number of hydrogen-bond donors (Lipinski definition) is 2. The van der Waals surface area contributed by atoms with Crippen LogP contribution in [-0.2, 0) is 24.8 Å². The van der Waals surface area contributed by atoms with Gasteiger partial charge in [0.15, 0.2) is 0 Å². The van der Waals surface area contributed by atoms with Crippen molar-refractivity contribution in [1.29, 1.82) is 0 Å². The molecule has 0 unspecified atom stereocenters. The molecule has 0 saturated carbocycles. The molecule has 128 valence electrons. The molecule has 0 bridgehead atoms. The predicted octanol–water partition coefficient (Wildman–Crippen LogP) is -0.142. The number of methoxy groups -OCH3 is 1. The predicted molar refractivity (Wildman–Crippen MR) is 85.1 cm³/mol. The summed E-state index contributed by atoms with van der Waals surface area (Å²) in [6, 6.07) is 0.683. The maximum atomic E-state index is 12.5. The maximum absolute atomic E-state index is 12.5. The van der Waals surface area contributed by atoms with E-state index in [1.807, 2.05) is 0 Å². The van der Waals surface area contributed by atoms with Crippen LogP contribution in [0, 0.1) is 0 Å². The molecule has 1 aliphatic rings. The van der Waals surface area contributed by atoms with Gasteiger partial charge in [0.2, 0.25) is 10.0 Å². The summed E-state index contributed by atoms with van der Waals surface area (Å²) in [5.74, 6) is 0. The summed E-state index contributed by atoms with van der Waals surface area (Å²) in [6.07, 6.45) is 0.533. The topological polar surface area (TPSA) is 133 Å². The van der Waals surface area contributed by atoms with Crippen LogP contribution in [0.4, 0.5) is 0 Å². The van der Waals surface area contributed by atoms with Gasteiger partial charge in [-0.3, -0.25) is 0 Å². The molecular weight excluding hydrogens is 374 g/mol. The minimum absolute atomic E-state index is 0. The normalized spacial score (nSPS) is 21.1. The third kappa shape index (κ3) is 3.79. The summed E-state index contributed by atoms with van der Waals surface area (Å²) in [5, 5.41) is 5.05. The molecule has 0 amide bonds. The lowest BCUT2D eigenvalue weighted by molar-refractivity contribution is 0.186. The van der Waals surface area contributed by atoms with Crippen molar-refractivity contribution < 1.29 is 21.6 Å². The first-order chi connectivity index (χ1) is 9.67. The molecule has 4 N–H and O–H groups in total. The summed E-state index contributed by atoms with van der Waals surface area (Å²) in [7, 11) is -6.15. The molecular formula is C10H18ClN3O5S3. The van der Waals surface area contributed by atoms with Crippen LogP contribution in [0.3, 0.4) is 0 Å². The summed E-state index contributed by atoms with van der Waals surface area (Å²) in [6.45, 7) is 0.812.